The third kappa shape index (κ3) is 2.60. The van der Waals surface area contributed by atoms with E-state index in [4.69, 9.17) is 0 Å². The lowest BCUT2D eigenvalue weighted by atomic mass is 10.2. The molecule has 6 heteroatoms. The van der Waals surface area contributed by atoms with Crippen molar-refractivity contribution in [2.75, 3.05) is 18.6 Å². The van der Waals surface area contributed by atoms with Crippen LogP contribution in [-0.4, -0.2) is 34.3 Å². The number of pyridine rings is 1. The van der Waals surface area contributed by atoms with Crippen molar-refractivity contribution in [3.8, 4) is 0 Å². The minimum atomic E-state index is 0.0867. The monoisotopic (exact) mass is 322 g/mol. The van der Waals surface area contributed by atoms with Crippen LogP contribution in [0.2, 0.25) is 0 Å². The molecule has 20 heavy (non-hydrogen) atoms. The number of hydrogen-bond acceptors (Lipinski definition) is 5. The minimum absolute atomic E-state index is 0.0867. The van der Waals surface area contributed by atoms with E-state index in [9.17, 15) is 4.79 Å². The summed E-state index contributed by atoms with van der Waals surface area (Å²) in [5.41, 5.74) is 1.93. The van der Waals surface area contributed by atoms with Gasteiger partial charge in [0.05, 0.1) is 5.56 Å². The third-order valence-electron chi connectivity index (χ3n) is 3.18. The molecule has 0 N–H and O–H groups in total. The number of rotatable bonds is 3. The van der Waals surface area contributed by atoms with Gasteiger partial charge >= 0.3 is 0 Å². The quantitative estimate of drug-likeness (QED) is 0.806. The van der Waals surface area contributed by atoms with E-state index in [2.05, 4.69) is 21.8 Å². The summed E-state index contributed by atoms with van der Waals surface area (Å²) in [5.74, 6) is 1.07. The Kier molecular flexibility index (Phi) is 4.33. The number of thiophene rings is 1. The average molecular weight is 322 g/mol. The molecule has 1 atom stereocenters. The highest BCUT2D eigenvalue weighted by atomic mass is 32.2. The van der Waals surface area contributed by atoms with Crippen molar-refractivity contribution in [3.63, 3.8) is 0 Å². The highest BCUT2D eigenvalue weighted by Crippen LogP contribution is 2.40. The molecule has 0 aromatic carbocycles. The van der Waals surface area contributed by atoms with Crippen molar-refractivity contribution >= 4 is 40.8 Å². The summed E-state index contributed by atoms with van der Waals surface area (Å²) in [6.45, 7) is 0.798. The molecular formula is C14H14N2OS3. The topological polar surface area (TPSA) is 33.2 Å². The first kappa shape index (κ1) is 14.0. The van der Waals surface area contributed by atoms with Gasteiger partial charge in [-0.15, -0.1) is 23.5 Å². The van der Waals surface area contributed by atoms with Crippen LogP contribution >= 0.6 is 34.9 Å². The SMILES string of the molecule is CSc1ncccc1C(=O)N1CCS[C@H]1c1ccsc1. The van der Waals surface area contributed by atoms with Crippen molar-refractivity contribution in [1.82, 2.24) is 9.88 Å². The first-order chi connectivity index (χ1) is 9.81. The number of aromatic nitrogens is 1. The molecule has 0 unspecified atom stereocenters. The largest absolute Gasteiger partial charge is 0.322 e. The van der Waals surface area contributed by atoms with E-state index in [0.29, 0.717) is 5.56 Å². The number of nitrogens with zero attached hydrogens (tertiary/aromatic N) is 2. The van der Waals surface area contributed by atoms with Gasteiger partial charge in [-0.25, -0.2) is 4.98 Å². The van der Waals surface area contributed by atoms with Crippen molar-refractivity contribution in [2.45, 2.75) is 10.4 Å². The van der Waals surface area contributed by atoms with E-state index in [1.54, 1.807) is 17.5 Å². The van der Waals surface area contributed by atoms with Crippen LogP contribution in [0.25, 0.3) is 0 Å². The van der Waals surface area contributed by atoms with Gasteiger partial charge in [-0.05, 0) is 40.8 Å². The van der Waals surface area contributed by atoms with E-state index >= 15 is 0 Å². The molecule has 2 aromatic heterocycles. The van der Waals surface area contributed by atoms with E-state index in [1.165, 1.54) is 17.3 Å². The molecule has 3 rings (SSSR count). The van der Waals surface area contributed by atoms with Crippen LogP contribution in [0.5, 0.6) is 0 Å². The summed E-state index contributed by atoms with van der Waals surface area (Å²) in [5, 5.41) is 5.14. The Hall–Kier alpha value is -0.980. The number of hydrogen-bond donors (Lipinski definition) is 0. The van der Waals surface area contributed by atoms with Crippen LogP contribution in [0, 0.1) is 0 Å². The molecule has 3 nitrogen and oxygen atoms in total. The zero-order chi connectivity index (χ0) is 13.9. The Morgan fingerprint density at radius 3 is 3.15 bits per heavy atom. The molecule has 1 saturated heterocycles. The third-order valence-corrected chi connectivity index (χ3v) is 5.85. The number of amides is 1. The fourth-order valence-corrected chi connectivity index (χ4v) is 4.79. The molecule has 104 valence electrons. The van der Waals surface area contributed by atoms with Gasteiger partial charge in [0.25, 0.3) is 5.91 Å². The lowest BCUT2D eigenvalue weighted by Gasteiger charge is -2.23. The van der Waals surface area contributed by atoms with E-state index < -0.39 is 0 Å². The van der Waals surface area contributed by atoms with Crippen LogP contribution < -0.4 is 0 Å². The van der Waals surface area contributed by atoms with Gasteiger partial charge in [0, 0.05) is 18.5 Å². The van der Waals surface area contributed by atoms with E-state index in [0.717, 1.165) is 17.3 Å². The fraction of sp³-hybridized carbons (Fsp3) is 0.286. The maximum absolute atomic E-state index is 12.8. The van der Waals surface area contributed by atoms with Crippen molar-refractivity contribution in [3.05, 3.63) is 46.3 Å². The Balaban J connectivity index is 1.90. The Morgan fingerprint density at radius 1 is 1.50 bits per heavy atom. The second kappa shape index (κ2) is 6.20. The molecule has 0 spiro atoms. The summed E-state index contributed by atoms with van der Waals surface area (Å²) in [7, 11) is 0. The van der Waals surface area contributed by atoms with Gasteiger partial charge in [-0.2, -0.15) is 11.3 Å². The highest BCUT2D eigenvalue weighted by molar-refractivity contribution is 7.99. The molecule has 2 aromatic rings. The molecular weight excluding hydrogens is 308 g/mol. The van der Waals surface area contributed by atoms with Crippen molar-refractivity contribution in [1.29, 1.82) is 0 Å². The summed E-state index contributed by atoms with van der Waals surface area (Å²) in [6, 6.07) is 5.80. The Labute approximate surface area is 130 Å². The molecule has 0 aliphatic carbocycles. The maximum atomic E-state index is 12.8. The predicted molar refractivity (Wildman–Crippen MR) is 86.6 cm³/mol. The van der Waals surface area contributed by atoms with Crippen molar-refractivity contribution < 1.29 is 4.79 Å². The Bertz CT molecular complexity index is 600. The highest BCUT2D eigenvalue weighted by Gasteiger charge is 2.32. The summed E-state index contributed by atoms with van der Waals surface area (Å²) in [6.07, 6.45) is 3.69. The van der Waals surface area contributed by atoms with Gasteiger partial charge in [0.2, 0.25) is 0 Å². The first-order valence-electron chi connectivity index (χ1n) is 6.25. The second-order valence-corrected chi connectivity index (χ2v) is 7.10. The lowest BCUT2D eigenvalue weighted by Crippen LogP contribution is -2.30. The van der Waals surface area contributed by atoms with Gasteiger partial charge in [-0.3, -0.25) is 4.79 Å². The van der Waals surface area contributed by atoms with Crippen LogP contribution in [0.3, 0.4) is 0 Å². The molecule has 1 fully saturated rings. The zero-order valence-corrected chi connectivity index (χ0v) is 13.4. The number of thioether (sulfide) groups is 2. The van der Waals surface area contributed by atoms with Gasteiger partial charge in [-0.1, -0.05) is 0 Å². The van der Waals surface area contributed by atoms with Gasteiger partial charge in [0.15, 0.2) is 0 Å². The average Bonchev–Trinajstić information content (AvgIpc) is 3.16. The molecule has 1 aliphatic rings. The Morgan fingerprint density at radius 2 is 2.40 bits per heavy atom. The summed E-state index contributed by atoms with van der Waals surface area (Å²) < 4.78 is 0. The van der Waals surface area contributed by atoms with Crippen LogP contribution in [0.1, 0.15) is 21.3 Å². The normalized spacial score (nSPS) is 18.4. The first-order valence-corrected chi connectivity index (χ1v) is 9.46. The van der Waals surface area contributed by atoms with E-state index in [1.807, 2.05) is 35.1 Å². The van der Waals surface area contributed by atoms with Crippen LogP contribution in [0.4, 0.5) is 0 Å². The van der Waals surface area contributed by atoms with Crippen molar-refractivity contribution in [2.24, 2.45) is 0 Å². The molecule has 0 saturated carbocycles. The minimum Gasteiger partial charge on any atom is -0.322 e. The van der Waals surface area contributed by atoms with E-state index in [-0.39, 0.29) is 11.3 Å². The van der Waals surface area contributed by atoms with Crippen LogP contribution in [-0.2, 0) is 0 Å². The maximum Gasteiger partial charge on any atom is 0.257 e. The standard InChI is InChI=1S/C14H14N2OS3/c1-18-12-11(3-2-5-15-12)13(17)16-6-8-20-14(16)10-4-7-19-9-10/h2-5,7,9,14H,6,8H2,1H3/t14-/m0/s1. The number of carbonyl (C=O) groups excluding carboxylic acids is 1. The molecule has 0 radical (unpaired) electrons. The fourth-order valence-electron chi connectivity index (χ4n) is 2.24. The van der Waals surface area contributed by atoms with Gasteiger partial charge in [0.1, 0.15) is 10.4 Å². The molecule has 1 aliphatic heterocycles. The zero-order valence-electron chi connectivity index (χ0n) is 11.0. The van der Waals surface area contributed by atoms with Crippen LogP contribution in [0.15, 0.2) is 40.2 Å². The lowest BCUT2D eigenvalue weighted by molar-refractivity contribution is 0.0756. The molecule has 0 bridgehead atoms. The van der Waals surface area contributed by atoms with Gasteiger partial charge < -0.3 is 4.90 Å². The molecule has 3 heterocycles. The molecule has 1 amide bonds. The second-order valence-electron chi connectivity index (χ2n) is 4.34. The predicted octanol–water partition coefficient (Wildman–Crippen LogP) is 3.75. The number of carbonyl (C=O) groups is 1. The smallest absolute Gasteiger partial charge is 0.257 e. The summed E-state index contributed by atoms with van der Waals surface area (Å²) >= 11 is 5.02. The summed E-state index contributed by atoms with van der Waals surface area (Å²) in [4.78, 5) is 19.0.